The number of phenols is 1. The van der Waals surface area contributed by atoms with Crippen molar-refractivity contribution in [1.82, 2.24) is 0 Å². The van der Waals surface area contributed by atoms with Crippen molar-refractivity contribution in [3.8, 4) is 23.3 Å². The maximum absolute atomic E-state index is 9.61. The SMILES string of the molecule is N#Cc1ccc(O)c(Oc2ccccc2Cl)c1. The third-order valence-corrected chi connectivity index (χ3v) is 2.46. The summed E-state index contributed by atoms with van der Waals surface area (Å²) in [5.74, 6) is 0.598. The molecule has 0 fully saturated rings. The van der Waals surface area contributed by atoms with Gasteiger partial charge < -0.3 is 9.84 Å². The summed E-state index contributed by atoms with van der Waals surface area (Å²) in [6.45, 7) is 0. The highest BCUT2D eigenvalue weighted by molar-refractivity contribution is 6.32. The zero-order chi connectivity index (χ0) is 12.3. The number of nitriles is 1. The normalized spacial score (nSPS) is 9.65. The fourth-order valence-corrected chi connectivity index (χ4v) is 1.49. The number of para-hydroxylation sites is 1. The Hall–Kier alpha value is -2.18. The lowest BCUT2D eigenvalue weighted by Crippen LogP contribution is -1.87. The van der Waals surface area contributed by atoms with Gasteiger partial charge in [-0.1, -0.05) is 23.7 Å². The second-order valence-corrected chi connectivity index (χ2v) is 3.73. The van der Waals surface area contributed by atoms with E-state index in [0.29, 0.717) is 16.3 Å². The van der Waals surface area contributed by atoms with Crippen molar-refractivity contribution in [3.63, 3.8) is 0 Å². The summed E-state index contributed by atoms with van der Waals surface area (Å²) in [6.07, 6.45) is 0. The summed E-state index contributed by atoms with van der Waals surface area (Å²) < 4.78 is 5.45. The first-order chi connectivity index (χ1) is 8.20. The highest BCUT2D eigenvalue weighted by atomic mass is 35.5. The summed E-state index contributed by atoms with van der Waals surface area (Å²) in [5.41, 5.74) is 0.407. The van der Waals surface area contributed by atoms with E-state index < -0.39 is 0 Å². The zero-order valence-electron chi connectivity index (χ0n) is 8.72. The molecule has 0 saturated heterocycles. The maximum Gasteiger partial charge on any atom is 0.170 e. The van der Waals surface area contributed by atoms with Gasteiger partial charge in [0.25, 0.3) is 0 Å². The fourth-order valence-electron chi connectivity index (χ4n) is 1.31. The van der Waals surface area contributed by atoms with Crippen molar-refractivity contribution in [2.24, 2.45) is 0 Å². The van der Waals surface area contributed by atoms with Crippen molar-refractivity contribution in [1.29, 1.82) is 5.26 Å². The van der Waals surface area contributed by atoms with Crippen LogP contribution in [0.1, 0.15) is 5.56 Å². The molecule has 2 rings (SSSR count). The largest absolute Gasteiger partial charge is 0.504 e. The van der Waals surface area contributed by atoms with E-state index in [1.54, 1.807) is 24.3 Å². The number of hydrogen-bond acceptors (Lipinski definition) is 3. The first-order valence-corrected chi connectivity index (χ1v) is 5.24. The summed E-state index contributed by atoms with van der Waals surface area (Å²) in [5, 5.41) is 18.8. The third kappa shape index (κ3) is 2.49. The number of benzene rings is 2. The summed E-state index contributed by atoms with van der Waals surface area (Å²) in [7, 11) is 0. The molecule has 0 heterocycles. The number of nitrogens with zero attached hydrogens (tertiary/aromatic N) is 1. The third-order valence-electron chi connectivity index (χ3n) is 2.15. The second-order valence-electron chi connectivity index (χ2n) is 3.33. The van der Waals surface area contributed by atoms with Gasteiger partial charge in [0.15, 0.2) is 11.5 Å². The highest BCUT2D eigenvalue weighted by Gasteiger charge is 2.07. The Morgan fingerprint density at radius 3 is 2.59 bits per heavy atom. The lowest BCUT2D eigenvalue weighted by Gasteiger charge is -2.08. The van der Waals surface area contributed by atoms with Crippen molar-refractivity contribution in [2.45, 2.75) is 0 Å². The van der Waals surface area contributed by atoms with Gasteiger partial charge in [-0.2, -0.15) is 5.26 Å². The van der Waals surface area contributed by atoms with Crippen molar-refractivity contribution in [2.75, 3.05) is 0 Å². The molecule has 0 bridgehead atoms. The summed E-state index contributed by atoms with van der Waals surface area (Å²) in [4.78, 5) is 0. The lowest BCUT2D eigenvalue weighted by molar-refractivity contribution is 0.411. The molecule has 0 atom stereocenters. The molecule has 0 aliphatic carbocycles. The minimum absolute atomic E-state index is 0.0380. The average molecular weight is 246 g/mol. The predicted octanol–water partition coefficient (Wildman–Crippen LogP) is 3.71. The van der Waals surface area contributed by atoms with E-state index in [1.165, 1.54) is 18.2 Å². The Labute approximate surface area is 103 Å². The number of aromatic hydroxyl groups is 1. The Kier molecular flexibility index (Phi) is 3.17. The second kappa shape index (κ2) is 4.77. The molecule has 4 heteroatoms. The molecule has 0 amide bonds. The number of halogens is 1. The van der Waals surface area contributed by atoms with Crippen molar-refractivity contribution >= 4 is 11.6 Å². The van der Waals surface area contributed by atoms with Crippen LogP contribution < -0.4 is 4.74 Å². The van der Waals surface area contributed by atoms with Gasteiger partial charge in [-0.25, -0.2) is 0 Å². The van der Waals surface area contributed by atoms with Crippen LogP contribution in [0.2, 0.25) is 5.02 Å². The van der Waals surface area contributed by atoms with Crippen molar-refractivity contribution in [3.05, 3.63) is 53.1 Å². The molecule has 0 aromatic heterocycles. The fraction of sp³-hybridized carbons (Fsp3) is 0. The van der Waals surface area contributed by atoms with Crippen LogP contribution in [-0.4, -0.2) is 5.11 Å². The summed E-state index contributed by atoms with van der Waals surface area (Å²) >= 11 is 5.93. The molecule has 0 unspecified atom stereocenters. The van der Waals surface area contributed by atoms with Gasteiger partial charge in [0.2, 0.25) is 0 Å². The van der Waals surface area contributed by atoms with E-state index in [0.717, 1.165) is 0 Å². The van der Waals surface area contributed by atoms with Crippen LogP contribution >= 0.6 is 11.6 Å². The van der Waals surface area contributed by atoms with Crippen LogP contribution in [0.15, 0.2) is 42.5 Å². The summed E-state index contributed by atoms with van der Waals surface area (Å²) in [6, 6.07) is 13.3. The molecule has 84 valence electrons. The van der Waals surface area contributed by atoms with Crippen LogP contribution in [0.25, 0.3) is 0 Å². The molecule has 2 aromatic carbocycles. The van der Waals surface area contributed by atoms with Crippen LogP contribution in [0.5, 0.6) is 17.2 Å². The molecule has 0 saturated carbocycles. The molecule has 17 heavy (non-hydrogen) atoms. The molecule has 0 spiro atoms. The maximum atomic E-state index is 9.61. The number of rotatable bonds is 2. The van der Waals surface area contributed by atoms with E-state index in [-0.39, 0.29) is 11.5 Å². The minimum atomic E-state index is -0.0380. The Bertz CT molecular complexity index is 590. The molecule has 0 aliphatic rings. The lowest BCUT2D eigenvalue weighted by atomic mass is 10.2. The topological polar surface area (TPSA) is 53.2 Å². The van der Waals surface area contributed by atoms with Gasteiger partial charge in [-0.05, 0) is 24.3 Å². The molecular weight excluding hydrogens is 238 g/mol. The molecule has 0 aliphatic heterocycles. The first-order valence-electron chi connectivity index (χ1n) is 4.86. The van der Waals surface area contributed by atoms with Crippen LogP contribution in [0.3, 0.4) is 0 Å². The van der Waals surface area contributed by atoms with Gasteiger partial charge in [0.1, 0.15) is 5.75 Å². The van der Waals surface area contributed by atoms with Gasteiger partial charge in [0.05, 0.1) is 16.7 Å². The quantitative estimate of drug-likeness (QED) is 0.878. The highest BCUT2D eigenvalue weighted by Crippen LogP contribution is 2.34. The Balaban J connectivity index is 2.37. The smallest absolute Gasteiger partial charge is 0.170 e. The Morgan fingerprint density at radius 1 is 1.12 bits per heavy atom. The molecule has 0 radical (unpaired) electrons. The van der Waals surface area contributed by atoms with E-state index in [4.69, 9.17) is 21.6 Å². The molecular formula is C13H8ClNO2. The number of ether oxygens (including phenoxy) is 1. The van der Waals surface area contributed by atoms with Gasteiger partial charge in [-0.3, -0.25) is 0 Å². The number of hydrogen-bond donors (Lipinski definition) is 1. The monoisotopic (exact) mass is 245 g/mol. The van der Waals surface area contributed by atoms with Gasteiger partial charge in [0, 0.05) is 6.07 Å². The first kappa shape index (κ1) is 11.3. The minimum Gasteiger partial charge on any atom is -0.504 e. The van der Waals surface area contributed by atoms with Crippen LogP contribution in [0.4, 0.5) is 0 Å². The average Bonchev–Trinajstić information content (AvgIpc) is 2.35. The van der Waals surface area contributed by atoms with Gasteiger partial charge in [-0.15, -0.1) is 0 Å². The molecule has 3 nitrogen and oxygen atoms in total. The molecule has 2 aromatic rings. The predicted molar refractivity (Wildman–Crippen MR) is 64.3 cm³/mol. The standard InChI is InChI=1S/C13H8ClNO2/c14-10-3-1-2-4-12(10)17-13-7-9(8-15)5-6-11(13)16/h1-7,16H. The van der Waals surface area contributed by atoms with Crippen LogP contribution in [0, 0.1) is 11.3 Å². The van der Waals surface area contributed by atoms with Gasteiger partial charge >= 0.3 is 0 Å². The van der Waals surface area contributed by atoms with E-state index in [1.807, 2.05) is 6.07 Å². The van der Waals surface area contributed by atoms with Crippen LogP contribution in [-0.2, 0) is 0 Å². The van der Waals surface area contributed by atoms with Crippen molar-refractivity contribution < 1.29 is 9.84 Å². The van der Waals surface area contributed by atoms with E-state index in [2.05, 4.69) is 0 Å². The number of phenolic OH excluding ortho intramolecular Hbond substituents is 1. The Morgan fingerprint density at radius 2 is 1.88 bits per heavy atom. The van der Waals surface area contributed by atoms with E-state index >= 15 is 0 Å². The van der Waals surface area contributed by atoms with E-state index in [9.17, 15) is 5.11 Å². The zero-order valence-corrected chi connectivity index (χ0v) is 9.48. The molecule has 1 N–H and O–H groups in total.